The predicted molar refractivity (Wildman–Crippen MR) is 65.5 cm³/mol. The van der Waals surface area contributed by atoms with E-state index < -0.39 is 0 Å². The lowest BCUT2D eigenvalue weighted by Crippen LogP contribution is -2.16. The molecule has 0 fully saturated rings. The van der Waals surface area contributed by atoms with E-state index in [4.69, 9.17) is 9.57 Å². The summed E-state index contributed by atoms with van der Waals surface area (Å²) < 4.78 is 4.87. The molecule has 16 heavy (non-hydrogen) atoms. The quantitative estimate of drug-likeness (QED) is 0.615. The normalized spacial score (nSPS) is 12.0. The molecular formula is C11H20N2O2S. The van der Waals surface area contributed by atoms with Crippen molar-refractivity contribution in [3.05, 3.63) is 16.1 Å². The summed E-state index contributed by atoms with van der Waals surface area (Å²) in [5, 5.41) is 1.15. The van der Waals surface area contributed by atoms with Gasteiger partial charge in [-0.25, -0.2) is 4.98 Å². The number of rotatable bonds is 6. The first kappa shape index (κ1) is 13.6. The highest BCUT2D eigenvalue weighted by atomic mass is 32.1. The first-order valence-corrected chi connectivity index (χ1v) is 6.14. The Morgan fingerprint density at radius 1 is 1.38 bits per heavy atom. The van der Waals surface area contributed by atoms with E-state index in [0.29, 0.717) is 19.8 Å². The van der Waals surface area contributed by atoms with Gasteiger partial charge in [0.2, 0.25) is 0 Å². The molecule has 0 amide bonds. The molecule has 5 heteroatoms. The molecule has 0 aromatic carbocycles. The van der Waals surface area contributed by atoms with Crippen LogP contribution in [0, 0.1) is 0 Å². The fraction of sp³-hybridized carbons (Fsp3) is 0.727. The summed E-state index contributed by atoms with van der Waals surface area (Å²) in [6.07, 6.45) is 1.90. The Balaban J connectivity index is 2.30. The first-order chi connectivity index (χ1) is 7.54. The summed E-state index contributed by atoms with van der Waals surface area (Å²) in [6, 6.07) is 0. The van der Waals surface area contributed by atoms with E-state index >= 15 is 0 Å². The third kappa shape index (κ3) is 4.57. The van der Waals surface area contributed by atoms with Crippen LogP contribution in [-0.4, -0.2) is 25.3 Å². The molecule has 0 aliphatic heterocycles. The monoisotopic (exact) mass is 244 g/mol. The zero-order valence-electron chi connectivity index (χ0n) is 10.4. The lowest BCUT2D eigenvalue weighted by molar-refractivity contribution is 0.00385. The van der Waals surface area contributed by atoms with Gasteiger partial charge in [-0.2, -0.15) is 5.48 Å². The summed E-state index contributed by atoms with van der Waals surface area (Å²) in [5.74, 6) is 0. The van der Waals surface area contributed by atoms with Crippen LogP contribution < -0.4 is 5.48 Å². The largest absolute Gasteiger partial charge is 0.382 e. The molecule has 0 atom stereocenters. The summed E-state index contributed by atoms with van der Waals surface area (Å²) in [6.45, 7) is 8.34. The molecule has 1 aromatic heterocycles. The number of hydroxylamine groups is 1. The second-order valence-corrected chi connectivity index (χ2v) is 5.66. The number of aromatic nitrogens is 1. The summed E-state index contributed by atoms with van der Waals surface area (Å²) in [4.78, 5) is 10.8. The maximum atomic E-state index is 5.18. The molecule has 0 radical (unpaired) electrons. The number of ether oxygens (including phenoxy) is 1. The van der Waals surface area contributed by atoms with Gasteiger partial charge in [-0.1, -0.05) is 20.8 Å². The molecule has 1 N–H and O–H groups in total. The van der Waals surface area contributed by atoms with E-state index in [1.807, 2.05) is 6.20 Å². The fourth-order valence-electron chi connectivity index (χ4n) is 1.06. The highest BCUT2D eigenvalue weighted by Gasteiger charge is 2.17. The van der Waals surface area contributed by atoms with Crippen molar-refractivity contribution in [1.82, 2.24) is 10.5 Å². The SMILES string of the molecule is COCCONCc1cnc(C(C)(C)C)s1. The molecular weight excluding hydrogens is 224 g/mol. The zero-order valence-corrected chi connectivity index (χ0v) is 11.2. The van der Waals surface area contributed by atoms with Crippen molar-refractivity contribution < 1.29 is 9.57 Å². The third-order valence-electron chi connectivity index (χ3n) is 1.93. The molecule has 1 rings (SSSR count). The molecule has 0 saturated heterocycles. The van der Waals surface area contributed by atoms with E-state index in [1.165, 1.54) is 4.88 Å². The van der Waals surface area contributed by atoms with Crippen LogP contribution in [0.15, 0.2) is 6.20 Å². The summed E-state index contributed by atoms with van der Waals surface area (Å²) in [5.41, 5.74) is 3.02. The van der Waals surface area contributed by atoms with Crippen molar-refractivity contribution >= 4 is 11.3 Å². The number of nitrogens with zero attached hydrogens (tertiary/aromatic N) is 1. The van der Waals surface area contributed by atoms with Gasteiger partial charge in [0, 0.05) is 23.6 Å². The average Bonchev–Trinajstić information content (AvgIpc) is 2.65. The third-order valence-corrected chi connectivity index (χ3v) is 3.36. The van der Waals surface area contributed by atoms with E-state index in [0.717, 1.165) is 5.01 Å². The van der Waals surface area contributed by atoms with Gasteiger partial charge in [0.15, 0.2) is 0 Å². The molecule has 0 unspecified atom stereocenters. The summed E-state index contributed by atoms with van der Waals surface area (Å²) >= 11 is 1.72. The van der Waals surface area contributed by atoms with E-state index in [-0.39, 0.29) is 5.41 Å². The van der Waals surface area contributed by atoms with Crippen LogP contribution in [0.4, 0.5) is 0 Å². The van der Waals surface area contributed by atoms with Crippen LogP contribution >= 0.6 is 11.3 Å². The van der Waals surface area contributed by atoms with E-state index in [1.54, 1.807) is 18.4 Å². The molecule has 0 saturated carbocycles. The van der Waals surface area contributed by atoms with Gasteiger partial charge in [0.1, 0.15) is 0 Å². The van der Waals surface area contributed by atoms with Crippen molar-refractivity contribution in [3.8, 4) is 0 Å². The van der Waals surface area contributed by atoms with Crippen molar-refractivity contribution in [2.75, 3.05) is 20.3 Å². The van der Waals surface area contributed by atoms with Gasteiger partial charge in [-0.05, 0) is 0 Å². The molecule has 0 aliphatic carbocycles. The Morgan fingerprint density at radius 2 is 2.12 bits per heavy atom. The van der Waals surface area contributed by atoms with Crippen molar-refractivity contribution in [3.63, 3.8) is 0 Å². The molecule has 4 nitrogen and oxygen atoms in total. The molecule has 1 aromatic rings. The van der Waals surface area contributed by atoms with E-state index in [9.17, 15) is 0 Å². The molecule has 0 aliphatic rings. The molecule has 92 valence electrons. The summed E-state index contributed by atoms with van der Waals surface area (Å²) in [7, 11) is 1.65. The van der Waals surface area contributed by atoms with Crippen LogP contribution in [0.2, 0.25) is 0 Å². The van der Waals surface area contributed by atoms with Gasteiger partial charge < -0.3 is 4.74 Å². The van der Waals surface area contributed by atoms with E-state index in [2.05, 4.69) is 31.2 Å². The fourth-order valence-corrected chi connectivity index (χ4v) is 1.95. The highest BCUT2D eigenvalue weighted by molar-refractivity contribution is 7.11. The number of nitrogens with one attached hydrogen (secondary N) is 1. The van der Waals surface area contributed by atoms with Crippen LogP contribution in [0.25, 0.3) is 0 Å². The first-order valence-electron chi connectivity index (χ1n) is 5.33. The van der Waals surface area contributed by atoms with Crippen LogP contribution in [0.3, 0.4) is 0 Å². The van der Waals surface area contributed by atoms with Gasteiger partial charge in [0.25, 0.3) is 0 Å². The van der Waals surface area contributed by atoms with Crippen molar-refractivity contribution in [2.45, 2.75) is 32.7 Å². The molecule has 0 bridgehead atoms. The van der Waals surface area contributed by atoms with Crippen molar-refractivity contribution in [2.24, 2.45) is 0 Å². The van der Waals surface area contributed by atoms with Crippen LogP contribution in [0.5, 0.6) is 0 Å². The topological polar surface area (TPSA) is 43.4 Å². The highest BCUT2D eigenvalue weighted by Crippen LogP contribution is 2.26. The minimum absolute atomic E-state index is 0.125. The number of hydrogen-bond donors (Lipinski definition) is 1. The maximum Gasteiger partial charge on any atom is 0.0981 e. The van der Waals surface area contributed by atoms with Gasteiger partial charge in [-0.3, -0.25) is 4.84 Å². The molecule has 1 heterocycles. The van der Waals surface area contributed by atoms with Crippen LogP contribution in [-0.2, 0) is 21.5 Å². The number of methoxy groups -OCH3 is 1. The Labute approximate surface area is 101 Å². The second kappa shape index (κ2) is 6.30. The standard InChI is InChI=1S/C11H20N2O2S/c1-11(2,3)10-12-7-9(16-10)8-13-15-6-5-14-4/h7,13H,5-6,8H2,1-4H3. The van der Waals surface area contributed by atoms with Crippen molar-refractivity contribution in [1.29, 1.82) is 0 Å². The maximum absolute atomic E-state index is 5.18. The van der Waals surface area contributed by atoms with Gasteiger partial charge in [-0.15, -0.1) is 11.3 Å². The number of hydrogen-bond acceptors (Lipinski definition) is 5. The van der Waals surface area contributed by atoms with Gasteiger partial charge in [0.05, 0.1) is 24.8 Å². The predicted octanol–water partition coefficient (Wildman–Crippen LogP) is 2.11. The Kier molecular flexibility index (Phi) is 5.34. The smallest absolute Gasteiger partial charge is 0.0981 e. The second-order valence-electron chi connectivity index (χ2n) is 4.54. The Hall–Kier alpha value is -0.490. The lowest BCUT2D eigenvalue weighted by Gasteiger charge is -2.13. The number of thiazole rings is 1. The zero-order chi connectivity index (χ0) is 12.0. The van der Waals surface area contributed by atoms with Gasteiger partial charge >= 0.3 is 0 Å². The Morgan fingerprint density at radius 3 is 2.69 bits per heavy atom. The van der Waals surface area contributed by atoms with Crippen LogP contribution in [0.1, 0.15) is 30.7 Å². The lowest BCUT2D eigenvalue weighted by atomic mass is 9.98. The minimum Gasteiger partial charge on any atom is -0.382 e. The Bertz CT molecular complexity index is 307. The molecule has 0 spiro atoms. The minimum atomic E-state index is 0.125. The average molecular weight is 244 g/mol.